The summed E-state index contributed by atoms with van der Waals surface area (Å²) in [5.41, 5.74) is 0. The number of carbonyl (C=O) groups is 1. The molecule has 1 amide bonds. The minimum Gasteiger partial charge on any atom is -0.340 e. The van der Waals surface area contributed by atoms with Crippen LogP contribution < -0.4 is 5.32 Å². The number of hydrogen-bond donors (Lipinski definition) is 1. The largest absolute Gasteiger partial charge is 0.340 e. The molecule has 2 rings (SSSR count). The molecule has 0 saturated carbocycles. The Labute approximate surface area is 85.2 Å². The van der Waals surface area contributed by atoms with Crippen LogP contribution in [0.5, 0.6) is 0 Å². The fourth-order valence-electron chi connectivity index (χ4n) is 2.20. The van der Waals surface area contributed by atoms with Crippen molar-refractivity contribution in [1.29, 1.82) is 0 Å². The summed E-state index contributed by atoms with van der Waals surface area (Å²) in [7, 11) is 2.01. The number of hydrogen-bond acceptors (Lipinski definition) is 3. The van der Waals surface area contributed by atoms with Gasteiger partial charge in [0.15, 0.2) is 0 Å². The second-order valence-corrected chi connectivity index (χ2v) is 4.44. The van der Waals surface area contributed by atoms with E-state index in [2.05, 4.69) is 10.2 Å². The lowest BCUT2D eigenvalue weighted by atomic mass is 10.1. The number of carbonyl (C=O) groups excluding carboxylic acids is 1. The maximum absolute atomic E-state index is 11.7. The zero-order chi connectivity index (χ0) is 9.97. The molecule has 2 aliphatic rings. The zero-order valence-electron chi connectivity index (χ0n) is 8.83. The van der Waals surface area contributed by atoms with Gasteiger partial charge in [0.2, 0.25) is 5.91 Å². The van der Waals surface area contributed by atoms with E-state index in [0.717, 1.165) is 32.7 Å². The third-order valence-electron chi connectivity index (χ3n) is 3.15. The molecular weight excluding hydrogens is 178 g/mol. The second kappa shape index (κ2) is 4.28. The molecule has 0 aromatic rings. The summed E-state index contributed by atoms with van der Waals surface area (Å²) < 4.78 is 0. The van der Waals surface area contributed by atoms with Crippen LogP contribution in [0.15, 0.2) is 0 Å². The molecule has 2 aliphatic heterocycles. The molecule has 1 unspecified atom stereocenters. The molecule has 0 aromatic heterocycles. The Kier molecular flexibility index (Phi) is 3.03. The quantitative estimate of drug-likeness (QED) is 0.640. The van der Waals surface area contributed by atoms with Crippen molar-refractivity contribution in [3.8, 4) is 0 Å². The third-order valence-corrected chi connectivity index (χ3v) is 3.15. The average molecular weight is 197 g/mol. The zero-order valence-corrected chi connectivity index (χ0v) is 8.83. The van der Waals surface area contributed by atoms with E-state index in [9.17, 15) is 4.79 Å². The molecule has 14 heavy (non-hydrogen) atoms. The van der Waals surface area contributed by atoms with Crippen LogP contribution >= 0.6 is 0 Å². The summed E-state index contributed by atoms with van der Waals surface area (Å²) in [6, 6.07) is 0. The summed E-state index contributed by atoms with van der Waals surface area (Å²) in [4.78, 5) is 15.8. The Morgan fingerprint density at radius 1 is 1.50 bits per heavy atom. The average Bonchev–Trinajstić information content (AvgIpc) is 2.62. The highest BCUT2D eigenvalue weighted by Crippen LogP contribution is 2.11. The summed E-state index contributed by atoms with van der Waals surface area (Å²) in [5.74, 6) is 0.980. The van der Waals surface area contributed by atoms with Crippen LogP contribution in [0.3, 0.4) is 0 Å². The van der Waals surface area contributed by atoms with E-state index >= 15 is 0 Å². The maximum atomic E-state index is 11.7. The number of nitrogens with zero attached hydrogens (tertiary/aromatic N) is 2. The molecule has 4 nitrogen and oxygen atoms in total. The van der Waals surface area contributed by atoms with Gasteiger partial charge in [-0.15, -0.1) is 0 Å². The molecule has 0 aromatic carbocycles. The Morgan fingerprint density at radius 3 is 3.00 bits per heavy atom. The summed E-state index contributed by atoms with van der Waals surface area (Å²) in [6.45, 7) is 5.68. The Hall–Kier alpha value is -0.610. The maximum Gasteiger partial charge on any atom is 0.236 e. The monoisotopic (exact) mass is 197 g/mol. The molecule has 2 saturated heterocycles. The Bertz CT molecular complexity index is 213. The van der Waals surface area contributed by atoms with Gasteiger partial charge in [0.1, 0.15) is 0 Å². The van der Waals surface area contributed by atoms with Gasteiger partial charge in [-0.2, -0.15) is 0 Å². The molecule has 2 fully saturated rings. The second-order valence-electron chi connectivity index (χ2n) is 4.44. The molecule has 80 valence electrons. The van der Waals surface area contributed by atoms with Crippen molar-refractivity contribution in [1.82, 2.24) is 15.1 Å². The van der Waals surface area contributed by atoms with E-state index in [1.165, 1.54) is 6.42 Å². The van der Waals surface area contributed by atoms with E-state index in [0.29, 0.717) is 18.4 Å². The number of likely N-dealkylation sites (N-methyl/N-ethyl adjacent to an activating group) is 1. The predicted octanol–water partition coefficient (Wildman–Crippen LogP) is -0.630. The number of amides is 1. The van der Waals surface area contributed by atoms with Gasteiger partial charge in [0.05, 0.1) is 6.54 Å². The Morgan fingerprint density at radius 2 is 2.36 bits per heavy atom. The lowest BCUT2D eigenvalue weighted by Crippen LogP contribution is -2.50. The van der Waals surface area contributed by atoms with Crippen molar-refractivity contribution in [2.45, 2.75) is 6.42 Å². The van der Waals surface area contributed by atoms with Gasteiger partial charge in [-0.3, -0.25) is 9.69 Å². The van der Waals surface area contributed by atoms with E-state index in [1.807, 2.05) is 11.9 Å². The highest BCUT2D eigenvalue weighted by molar-refractivity contribution is 5.78. The van der Waals surface area contributed by atoms with E-state index in [-0.39, 0.29) is 0 Å². The van der Waals surface area contributed by atoms with Gasteiger partial charge in [0.25, 0.3) is 0 Å². The van der Waals surface area contributed by atoms with Crippen molar-refractivity contribution in [2.75, 3.05) is 46.3 Å². The van der Waals surface area contributed by atoms with E-state index in [1.54, 1.807) is 0 Å². The van der Waals surface area contributed by atoms with Crippen LogP contribution in [0.2, 0.25) is 0 Å². The predicted molar refractivity (Wildman–Crippen MR) is 55.1 cm³/mol. The first kappa shape index (κ1) is 9.93. The third kappa shape index (κ3) is 2.25. The molecule has 4 heteroatoms. The highest BCUT2D eigenvalue weighted by atomic mass is 16.2. The molecule has 2 heterocycles. The van der Waals surface area contributed by atoms with Crippen LogP contribution in [-0.4, -0.2) is 62.0 Å². The molecule has 0 spiro atoms. The molecule has 0 aliphatic carbocycles. The van der Waals surface area contributed by atoms with Crippen LogP contribution in [0.4, 0.5) is 0 Å². The minimum absolute atomic E-state index is 0.297. The van der Waals surface area contributed by atoms with Gasteiger partial charge >= 0.3 is 0 Å². The fourth-order valence-corrected chi connectivity index (χ4v) is 2.20. The number of piperazine rings is 1. The van der Waals surface area contributed by atoms with Crippen molar-refractivity contribution in [3.63, 3.8) is 0 Å². The van der Waals surface area contributed by atoms with Crippen LogP contribution in [0.25, 0.3) is 0 Å². The van der Waals surface area contributed by atoms with Crippen LogP contribution in [-0.2, 0) is 4.79 Å². The number of rotatable bonds is 2. The molecule has 0 bridgehead atoms. The summed E-state index contributed by atoms with van der Waals surface area (Å²) >= 11 is 0. The lowest BCUT2D eigenvalue weighted by Gasteiger charge is -2.33. The first-order valence-corrected chi connectivity index (χ1v) is 5.43. The minimum atomic E-state index is 0.297. The van der Waals surface area contributed by atoms with Gasteiger partial charge in [-0.25, -0.2) is 0 Å². The first-order chi connectivity index (χ1) is 6.75. The van der Waals surface area contributed by atoms with Crippen molar-refractivity contribution in [2.24, 2.45) is 5.92 Å². The Balaban J connectivity index is 1.82. The topological polar surface area (TPSA) is 35.6 Å². The van der Waals surface area contributed by atoms with Gasteiger partial charge in [-0.1, -0.05) is 0 Å². The van der Waals surface area contributed by atoms with Crippen molar-refractivity contribution >= 4 is 5.91 Å². The number of nitrogens with one attached hydrogen (secondary N) is 1. The highest BCUT2D eigenvalue weighted by Gasteiger charge is 2.25. The summed E-state index contributed by atoms with van der Waals surface area (Å²) in [5, 5.41) is 3.34. The standard InChI is InChI=1S/C10H19N3O/c1-12-4-5-13(10(14)8-12)7-9-2-3-11-6-9/h9,11H,2-8H2,1H3. The van der Waals surface area contributed by atoms with Crippen molar-refractivity contribution in [3.05, 3.63) is 0 Å². The molecule has 0 radical (unpaired) electrons. The van der Waals surface area contributed by atoms with E-state index < -0.39 is 0 Å². The smallest absolute Gasteiger partial charge is 0.236 e. The summed E-state index contributed by atoms with van der Waals surface area (Å²) in [6.07, 6.45) is 1.22. The molecule has 1 atom stereocenters. The lowest BCUT2D eigenvalue weighted by molar-refractivity contribution is -0.135. The van der Waals surface area contributed by atoms with Gasteiger partial charge in [0, 0.05) is 19.6 Å². The van der Waals surface area contributed by atoms with Crippen LogP contribution in [0.1, 0.15) is 6.42 Å². The van der Waals surface area contributed by atoms with Gasteiger partial charge in [-0.05, 0) is 32.5 Å². The fraction of sp³-hybridized carbons (Fsp3) is 0.900. The van der Waals surface area contributed by atoms with Gasteiger partial charge < -0.3 is 10.2 Å². The molecule has 1 N–H and O–H groups in total. The normalized spacial score (nSPS) is 29.9. The first-order valence-electron chi connectivity index (χ1n) is 5.43. The van der Waals surface area contributed by atoms with E-state index in [4.69, 9.17) is 0 Å². The van der Waals surface area contributed by atoms with Crippen LogP contribution in [0, 0.1) is 5.92 Å². The van der Waals surface area contributed by atoms with Crippen molar-refractivity contribution < 1.29 is 4.79 Å². The SMILES string of the molecule is CN1CCN(CC2CCNC2)C(=O)C1. The molecular formula is C10H19N3O.